The first-order valence-corrected chi connectivity index (χ1v) is 7.87. The van der Waals surface area contributed by atoms with Gasteiger partial charge in [-0.05, 0) is 12.8 Å². The Morgan fingerprint density at radius 3 is 2.70 bits per heavy atom. The van der Waals surface area contributed by atoms with Crippen LogP contribution in [0.25, 0.3) is 0 Å². The third kappa shape index (κ3) is 5.26. The minimum atomic E-state index is -4.80. The number of nitrogens with zero attached hydrogens (tertiary/aromatic N) is 2. The molecule has 11 nitrogen and oxygen atoms in total. The Morgan fingerprint density at radius 2 is 2.09 bits per heavy atom. The minimum absolute atomic E-state index is 0. The van der Waals surface area contributed by atoms with Gasteiger partial charge in [-0.2, -0.15) is 13.5 Å². The second-order valence-electron chi connectivity index (χ2n) is 4.82. The molecule has 2 aliphatic heterocycles. The fourth-order valence-corrected chi connectivity index (χ4v) is 2.81. The van der Waals surface area contributed by atoms with Crippen molar-refractivity contribution < 1.29 is 36.4 Å². The second-order valence-corrected chi connectivity index (χ2v) is 5.82. The molecule has 0 unspecified atom stereocenters. The van der Waals surface area contributed by atoms with Crippen molar-refractivity contribution >= 4 is 51.9 Å². The molecule has 127 valence electrons. The van der Waals surface area contributed by atoms with Gasteiger partial charge in [-0.1, -0.05) is 0 Å². The topological polar surface area (TPSA) is 135 Å². The number of piperidine rings is 1. The molecule has 0 aromatic carbocycles. The molecule has 2 heterocycles. The van der Waals surface area contributed by atoms with Crippen LogP contribution in [0.3, 0.4) is 0 Å². The number of hydrogen-bond donors (Lipinski definition) is 2. The number of fused-ring (bicyclic) bond motifs is 2. The zero-order valence-corrected chi connectivity index (χ0v) is 15.6. The van der Waals surface area contributed by atoms with Gasteiger partial charge in [0.05, 0.1) is 19.3 Å². The van der Waals surface area contributed by atoms with E-state index in [-0.39, 0.29) is 42.7 Å². The zero-order valence-electron chi connectivity index (χ0n) is 12.8. The van der Waals surface area contributed by atoms with Gasteiger partial charge in [0.1, 0.15) is 6.04 Å². The number of carbonyl (C=O) groups excluding carboxylic acids is 2. The molecule has 2 rings (SSSR count). The summed E-state index contributed by atoms with van der Waals surface area (Å²) in [5, 5.41) is 0.578. The van der Waals surface area contributed by atoms with Gasteiger partial charge in [-0.15, -0.1) is 4.28 Å². The van der Waals surface area contributed by atoms with Crippen molar-refractivity contribution in [1.29, 1.82) is 0 Å². The Bertz CT molecular complexity index is 544. The molecule has 2 fully saturated rings. The van der Waals surface area contributed by atoms with Crippen LogP contribution in [-0.2, 0) is 29.1 Å². The summed E-state index contributed by atoms with van der Waals surface area (Å²) in [6.45, 7) is 0.583. The summed E-state index contributed by atoms with van der Waals surface area (Å²) in [4.78, 5) is 30.1. The Labute approximate surface area is 155 Å². The van der Waals surface area contributed by atoms with E-state index < -0.39 is 34.4 Å². The molecule has 0 aromatic rings. The molecule has 2 aliphatic rings. The second kappa shape index (κ2) is 8.58. The van der Waals surface area contributed by atoms with Crippen molar-refractivity contribution in [1.82, 2.24) is 15.4 Å². The van der Waals surface area contributed by atoms with Gasteiger partial charge in [0.25, 0.3) is 5.91 Å². The Morgan fingerprint density at radius 1 is 1.39 bits per heavy atom. The zero-order chi connectivity index (χ0) is 16.3. The molecular weight excluding hydrogens is 345 g/mol. The first kappa shape index (κ1) is 20.6. The molecule has 0 spiro atoms. The maximum Gasteiger partial charge on any atom is 0.418 e. The van der Waals surface area contributed by atoms with Gasteiger partial charge in [-0.25, -0.2) is 10.3 Å². The average Bonchev–Trinajstić information content (AvgIpc) is 2.67. The van der Waals surface area contributed by atoms with E-state index in [9.17, 15) is 18.0 Å². The van der Waals surface area contributed by atoms with Crippen LogP contribution >= 0.6 is 0 Å². The molecule has 2 saturated heterocycles. The molecule has 0 saturated carbocycles. The fraction of sp³-hybridized carbons (Fsp3) is 0.800. The van der Waals surface area contributed by atoms with E-state index in [1.54, 1.807) is 0 Å². The van der Waals surface area contributed by atoms with Crippen LogP contribution in [-0.4, -0.2) is 103 Å². The summed E-state index contributed by atoms with van der Waals surface area (Å²) in [6, 6.07) is -2.12. The predicted octanol–water partition coefficient (Wildman–Crippen LogP) is -1.70. The van der Waals surface area contributed by atoms with Crippen molar-refractivity contribution in [3.05, 3.63) is 0 Å². The SMILES string of the molecule is COCCONC(=O)[C@@H]1CC[C@@H]2CN1C(=O)N2OS(=O)(=O)O.[Na]. The number of hydroxylamine groups is 3. The molecule has 1 radical (unpaired) electrons. The first-order valence-electron chi connectivity index (χ1n) is 6.51. The van der Waals surface area contributed by atoms with Crippen molar-refractivity contribution in [2.24, 2.45) is 0 Å². The third-order valence-corrected chi connectivity index (χ3v) is 3.71. The fourth-order valence-electron chi connectivity index (χ4n) is 2.42. The smallest absolute Gasteiger partial charge is 0.382 e. The Kier molecular flexibility index (Phi) is 7.67. The Hall–Kier alpha value is -0.470. The number of nitrogens with one attached hydrogen (secondary N) is 1. The number of hydrogen-bond acceptors (Lipinski definition) is 7. The van der Waals surface area contributed by atoms with E-state index >= 15 is 0 Å². The predicted molar refractivity (Wildman–Crippen MR) is 75.1 cm³/mol. The molecule has 0 aromatic heterocycles. The number of carbonyl (C=O) groups is 2. The summed E-state index contributed by atoms with van der Waals surface area (Å²) >= 11 is 0. The van der Waals surface area contributed by atoms with Crippen LogP contribution in [0, 0.1) is 0 Å². The Balaban J connectivity index is 0.00000264. The molecule has 23 heavy (non-hydrogen) atoms. The van der Waals surface area contributed by atoms with Gasteiger partial charge in [-0.3, -0.25) is 14.2 Å². The number of rotatable bonds is 7. The van der Waals surface area contributed by atoms with E-state index in [0.29, 0.717) is 24.5 Å². The van der Waals surface area contributed by atoms with E-state index in [0.717, 1.165) is 0 Å². The van der Waals surface area contributed by atoms with E-state index in [4.69, 9.17) is 14.1 Å². The monoisotopic (exact) mass is 362 g/mol. The molecular formula is C10H17N3NaO8S. The van der Waals surface area contributed by atoms with Gasteiger partial charge in [0.15, 0.2) is 0 Å². The molecule has 2 bridgehead atoms. The maximum atomic E-state index is 12.1. The van der Waals surface area contributed by atoms with Gasteiger partial charge >= 0.3 is 16.4 Å². The van der Waals surface area contributed by atoms with Gasteiger partial charge in [0.2, 0.25) is 0 Å². The van der Waals surface area contributed by atoms with Crippen LogP contribution in [0.5, 0.6) is 0 Å². The van der Waals surface area contributed by atoms with E-state index in [2.05, 4.69) is 9.76 Å². The molecule has 0 aliphatic carbocycles. The molecule has 2 atom stereocenters. The largest absolute Gasteiger partial charge is 0.418 e. The van der Waals surface area contributed by atoms with Crippen molar-refractivity contribution in [3.8, 4) is 0 Å². The number of methoxy groups -OCH3 is 1. The van der Waals surface area contributed by atoms with Crippen LogP contribution in [0.2, 0.25) is 0 Å². The van der Waals surface area contributed by atoms with Crippen LogP contribution in [0.4, 0.5) is 4.79 Å². The summed E-state index contributed by atoms with van der Waals surface area (Å²) in [5.74, 6) is -0.517. The van der Waals surface area contributed by atoms with Gasteiger partial charge < -0.3 is 9.64 Å². The summed E-state index contributed by atoms with van der Waals surface area (Å²) in [6.07, 6.45) is 0.676. The van der Waals surface area contributed by atoms with Crippen molar-refractivity contribution in [3.63, 3.8) is 0 Å². The summed E-state index contributed by atoms with van der Waals surface area (Å²) < 4.78 is 39.2. The van der Waals surface area contributed by atoms with E-state index in [1.165, 1.54) is 12.0 Å². The summed E-state index contributed by atoms with van der Waals surface area (Å²) in [7, 11) is -3.31. The van der Waals surface area contributed by atoms with Crippen molar-refractivity contribution in [2.45, 2.75) is 24.9 Å². The average molecular weight is 362 g/mol. The number of amides is 3. The van der Waals surface area contributed by atoms with Crippen LogP contribution in [0.15, 0.2) is 0 Å². The molecule has 3 amide bonds. The molecule has 2 N–H and O–H groups in total. The number of urea groups is 1. The van der Waals surface area contributed by atoms with Crippen LogP contribution < -0.4 is 5.48 Å². The standard InChI is InChI=1S/C10H17N3O8S.Na/c1-19-4-5-20-11-9(14)8-3-2-7-6-12(8)10(15)13(7)21-22(16,17)18;/h7-8H,2-6H2,1H3,(H,11,14)(H,16,17,18);/t7-,8+;/m1./s1. The summed E-state index contributed by atoms with van der Waals surface area (Å²) in [5.41, 5.74) is 2.21. The van der Waals surface area contributed by atoms with Crippen LogP contribution in [0.1, 0.15) is 12.8 Å². The normalized spacial score (nSPS) is 23.7. The minimum Gasteiger partial charge on any atom is -0.382 e. The quantitative estimate of drug-likeness (QED) is 0.237. The third-order valence-electron chi connectivity index (χ3n) is 3.36. The molecule has 13 heteroatoms. The first-order chi connectivity index (χ1) is 10.3. The van der Waals surface area contributed by atoms with Crippen molar-refractivity contribution in [2.75, 3.05) is 26.9 Å². The van der Waals surface area contributed by atoms with Gasteiger partial charge in [0, 0.05) is 43.2 Å². The maximum absolute atomic E-state index is 12.1. The number of ether oxygens (including phenoxy) is 1. The van der Waals surface area contributed by atoms with E-state index in [1.807, 2.05) is 0 Å².